The predicted molar refractivity (Wildman–Crippen MR) is 229 cm³/mol. The molecule has 2 aliphatic rings. The van der Waals surface area contributed by atoms with Gasteiger partial charge in [-0.3, -0.25) is 43.2 Å². The number of fused-ring (bicyclic) bond motifs is 1. The molecule has 0 unspecified atom stereocenters. The van der Waals surface area contributed by atoms with Crippen LogP contribution in [-0.2, 0) is 56.0 Å². The maximum absolute atomic E-state index is 14.3. The lowest BCUT2D eigenvalue weighted by atomic mass is 9.99. The molecule has 0 bridgehead atoms. The predicted octanol–water partition coefficient (Wildman–Crippen LogP) is -1.03. The van der Waals surface area contributed by atoms with Gasteiger partial charge in [-0.15, -0.1) is 0 Å². The SMILES string of the molecule is CC(C)C[C@H](NC(=O)[C@H](Cc1ccccc1)NC(=O)[C@H](CC(=O)O)NC(=O)[C@H](Cc1c[nH]c2ccccc12)NC(=O)[C@@H]([NH3+])CC(=O)O)C(=O)N1CCC[C@H]1C(=O)N1CCC[C@H]1C(N)=O. The molecule has 2 aliphatic heterocycles. The third-order valence-electron chi connectivity index (χ3n) is 11.5. The smallest absolute Gasteiger partial charge is 0.309 e. The zero-order valence-electron chi connectivity index (χ0n) is 35.9. The van der Waals surface area contributed by atoms with Crippen molar-refractivity contribution in [2.24, 2.45) is 11.7 Å². The fourth-order valence-electron chi connectivity index (χ4n) is 8.28. The number of carbonyl (C=O) groups excluding carboxylic acids is 7. The molecule has 1 aromatic heterocycles. The Labute approximate surface area is 369 Å². The molecule has 0 spiro atoms. The maximum Gasteiger partial charge on any atom is 0.309 e. The van der Waals surface area contributed by atoms with Crippen LogP contribution in [0.1, 0.15) is 69.9 Å². The molecule has 0 radical (unpaired) electrons. The van der Waals surface area contributed by atoms with Crippen molar-refractivity contribution in [3.8, 4) is 0 Å². The number of aromatic nitrogens is 1. The van der Waals surface area contributed by atoms with Gasteiger partial charge in [-0.05, 0) is 55.2 Å². The Morgan fingerprint density at radius 3 is 1.89 bits per heavy atom. The van der Waals surface area contributed by atoms with E-state index in [1.165, 1.54) is 9.80 Å². The van der Waals surface area contributed by atoms with E-state index in [1.807, 2.05) is 13.8 Å². The van der Waals surface area contributed by atoms with Gasteiger partial charge in [0.15, 0.2) is 6.04 Å². The summed E-state index contributed by atoms with van der Waals surface area (Å²) in [6.45, 7) is 4.25. The molecular formula is C44H58N9O11+. The van der Waals surface area contributed by atoms with Crippen molar-refractivity contribution in [1.29, 1.82) is 0 Å². The number of carboxylic acid groups (broad SMARTS) is 2. The number of likely N-dealkylation sites (tertiary alicyclic amines) is 2. The van der Waals surface area contributed by atoms with Gasteiger partial charge >= 0.3 is 11.9 Å². The van der Waals surface area contributed by atoms with Gasteiger partial charge in [0.25, 0.3) is 5.91 Å². The Kier molecular flexibility index (Phi) is 16.6. The Hall–Kier alpha value is -6.83. The molecule has 0 aliphatic carbocycles. The first-order valence-electron chi connectivity index (χ1n) is 21.4. The zero-order chi connectivity index (χ0) is 46.7. The summed E-state index contributed by atoms with van der Waals surface area (Å²) in [4.78, 5) is 125. The van der Waals surface area contributed by atoms with Crippen molar-refractivity contribution in [2.45, 2.75) is 114 Å². The van der Waals surface area contributed by atoms with Crippen molar-refractivity contribution >= 4 is 64.2 Å². The van der Waals surface area contributed by atoms with Crippen LogP contribution in [0.3, 0.4) is 0 Å². The standard InChI is InChI=1S/C44H57N9O11/c1-24(2)18-33(43(63)53-17-9-15-35(53)44(64)52-16-8-14-34(52)38(46)58)51-40(60)30(19-25-10-4-3-5-11-25)49-42(62)32(22-37(56)57)50-41(61)31(48-39(59)28(45)21-36(54)55)20-26-23-47-29-13-7-6-12-27(26)29/h3-7,10-13,23-24,28,30-35,47H,8-9,14-22,45H2,1-2H3,(H2,46,58)(H,48,59)(H,49,62)(H,50,61)(H,51,60)(H,54,55)(H,56,57)/p+1/t28-,30-,31-,32-,33-,34-,35-/m0/s1. The molecule has 2 fully saturated rings. The molecule has 0 saturated carbocycles. The summed E-state index contributed by atoms with van der Waals surface area (Å²) in [5.41, 5.74) is 11.1. The van der Waals surface area contributed by atoms with Gasteiger partial charge in [0.2, 0.25) is 35.4 Å². The molecule has 5 rings (SSSR count). The van der Waals surface area contributed by atoms with Crippen LogP contribution >= 0.6 is 0 Å². The molecule has 7 amide bonds. The molecule has 20 heteroatoms. The van der Waals surface area contributed by atoms with Crippen molar-refractivity contribution < 1.29 is 59.1 Å². The number of rotatable bonds is 21. The number of amides is 7. The number of H-pyrrole nitrogens is 1. The third-order valence-corrected chi connectivity index (χ3v) is 11.5. The van der Waals surface area contributed by atoms with E-state index in [0.717, 1.165) is 5.52 Å². The monoisotopic (exact) mass is 888 g/mol. The number of para-hydroxylation sites is 1. The molecular weight excluding hydrogens is 831 g/mol. The summed E-state index contributed by atoms with van der Waals surface area (Å²) < 4.78 is 0. The number of hydrogen-bond donors (Lipinski definition) is 9. The van der Waals surface area contributed by atoms with Crippen LogP contribution in [-0.4, -0.2) is 134 Å². The van der Waals surface area contributed by atoms with Crippen LogP contribution in [0.2, 0.25) is 0 Å². The second kappa shape index (κ2) is 22.0. The first-order valence-corrected chi connectivity index (χ1v) is 21.4. The van der Waals surface area contributed by atoms with Gasteiger partial charge in [0.1, 0.15) is 42.7 Å². The molecule has 344 valence electrons. The van der Waals surface area contributed by atoms with Gasteiger partial charge in [-0.2, -0.15) is 0 Å². The van der Waals surface area contributed by atoms with Gasteiger partial charge < -0.3 is 57.7 Å². The largest absolute Gasteiger partial charge is 0.481 e. The van der Waals surface area contributed by atoms with E-state index in [0.29, 0.717) is 48.7 Å². The quantitative estimate of drug-likeness (QED) is 0.0623. The highest BCUT2D eigenvalue weighted by Crippen LogP contribution is 2.26. The summed E-state index contributed by atoms with van der Waals surface area (Å²) in [6, 6.07) is 6.99. The van der Waals surface area contributed by atoms with Gasteiger partial charge in [0, 0.05) is 43.0 Å². The maximum atomic E-state index is 14.3. The van der Waals surface area contributed by atoms with E-state index in [-0.39, 0.29) is 31.7 Å². The van der Waals surface area contributed by atoms with Gasteiger partial charge in [-0.1, -0.05) is 62.4 Å². The summed E-state index contributed by atoms with van der Waals surface area (Å²) in [5, 5.41) is 30.1. The molecule has 2 aromatic carbocycles. The fourth-order valence-corrected chi connectivity index (χ4v) is 8.28. The average Bonchev–Trinajstić information content (AvgIpc) is 4.03. The molecule has 7 atom stereocenters. The van der Waals surface area contributed by atoms with Crippen molar-refractivity contribution in [3.05, 3.63) is 71.9 Å². The lowest BCUT2D eigenvalue weighted by Gasteiger charge is -2.33. The number of nitrogens with two attached hydrogens (primary N) is 1. The number of hydrogen-bond acceptors (Lipinski definition) is 9. The van der Waals surface area contributed by atoms with E-state index in [1.54, 1.807) is 60.8 Å². The number of carbonyl (C=O) groups is 9. The number of primary amides is 1. The number of carboxylic acids is 2. The average molecular weight is 889 g/mol. The summed E-state index contributed by atoms with van der Waals surface area (Å²) >= 11 is 0. The second-order valence-corrected chi connectivity index (χ2v) is 16.8. The van der Waals surface area contributed by atoms with E-state index in [4.69, 9.17) is 5.73 Å². The zero-order valence-corrected chi connectivity index (χ0v) is 35.9. The van der Waals surface area contributed by atoms with Crippen molar-refractivity contribution in [2.75, 3.05) is 13.1 Å². The summed E-state index contributed by atoms with van der Waals surface area (Å²) in [7, 11) is 0. The number of quaternary nitrogens is 1. The Balaban J connectivity index is 1.38. The van der Waals surface area contributed by atoms with E-state index in [2.05, 4.69) is 32.0 Å². The number of nitrogens with zero attached hydrogens (tertiary/aromatic N) is 2. The highest BCUT2D eigenvalue weighted by molar-refractivity contribution is 5.99. The molecule has 3 aromatic rings. The van der Waals surface area contributed by atoms with E-state index in [9.17, 15) is 53.4 Å². The lowest BCUT2D eigenvalue weighted by molar-refractivity contribution is -0.403. The third kappa shape index (κ3) is 12.6. The highest BCUT2D eigenvalue weighted by atomic mass is 16.4. The normalized spacial score (nSPS) is 18.4. The number of nitrogens with one attached hydrogen (secondary N) is 5. The van der Waals surface area contributed by atoms with Crippen molar-refractivity contribution in [1.82, 2.24) is 36.1 Å². The minimum Gasteiger partial charge on any atom is -0.481 e. The molecule has 64 heavy (non-hydrogen) atoms. The summed E-state index contributed by atoms with van der Waals surface area (Å²) in [5.74, 6) is -8.14. The molecule has 20 nitrogen and oxygen atoms in total. The van der Waals surface area contributed by atoms with Crippen LogP contribution < -0.4 is 32.7 Å². The highest BCUT2D eigenvalue weighted by Gasteiger charge is 2.44. The second-order valence-electron chi connectivity index (χ2n) is 16.8. The minimum atomic E-state index is -1.78. The molecule has 3 heterocycles. The van der Waals surface area contributed by atoms with E-state index < -0.39 is 108 Å². The van der Waals surface area contributed by atoms with Crippen molar-refractivity contribution in [3.63, 3.8) is 0 Å². The van der Waals surface area contributed by atoms with Gasteiger partial charge in [-0.25, -0.2) is 0 Å². The fraction of sp³-hybridized carbons (Fsp3) is 0.477. The molecule has 12 N–H and O–H groups in total. The van der Waals surface area contributed by atoms with Gasteiger partial charge in [0.05, 0.1) is 6.42 Å². The topological polar surface area (TPSA) is 318 Å². The van der Waals surface area contributed by atoms with Crippen LogP contribution in [0, 0.1) is 5.92 Å². The van der Waals surface area contributed by atoms with Crippen LogP contribution in [0.25, 0.3) is 10.9 Å². The summed E-state index contributed by atoms with van der Waals surface area (Å²) in [6.07, 6.45) is 1.80. The lowest BCUT2D eigenvalue weighted by Crippen LogP contribution is -2.69. The number of benzene rings is 2. The van der Waals surface area contributed by atoms with E-state index >= 15 is 0 Å². The Morgan fingerprint density at radius 1 is 0.703 bits per heavy atom. The number of aromatic amines is 1. The Morgan fingerprint density at radius 2 is 1.25 bits per heavy atom. The first kappa shape index (κ1) is 48.2. The minimum absolute atomic E-state index is 0.114. The molecule has 2 saturated heterocycles. The number of aliphatic carboxylic acids is 2. The van der Waals surface area contributed by atoms with Crippen LogP contribution in [0.4, 0.5) is 0 Å². The Bertz CT molecular complexity index is 2210. The van der Waals surface area contributed by atoms with Crippen LogP contribution in [0.5, 0.6) is 0 Å². The first-order chi connectivity index (χ1) is 30.4. The van der Waals surface area contributed by atoms with Crippen LogP contribution in [0.15, 0.2) is 60.8 Å².